The topological polar surface area (TPSA) is 46.6 Å². The van der Waals surface area contributed by atoms with Crippen molar-refractivity contribution in [1.29, 1.82) is 0 Å². The molecule has 0 unspecified atom stereocenters. The summed E-state index contributed by atoms with van der Waals surface area (Å²) in [6, 6.07) is 14.2. The number of hydrogen-bond acceptors (Lipinski definition) is 4. The van der Waals surface area contributed by atoms with E-state index in [1.165, 1.54) is 0 Å². The predicted octanol–water partition coefficient (Wildman–Crippen LogP) is 5.76. The van der Waals surface area contributed by atoms with Crippen LogP contribution in [0.2, 0.25) is 5.02 Å². The molecule has 1 heterocycles. The van der Waals surface area contributed by atoms with Crippen molar-refractivity contribution in [2.75, 3.05) is 4.90 Å². The van der Waals surface area contributed by atoms with Crippen LogP contribution in [0.5, 0.6) is 5.75 Å². The molecule has 0 saturated carbocycles. The summed E-state index contributed by atoms with van der Waals surface area (Å²) < 4.78 is 5.91. The molecule has 6 heteroatoms. The van der Waals surface area contributed by atoms with Gasteiger partial charge in [-0.3, -0.25) is 9.59 Å². The third-order valence-electron chi connectivity index (χ3n) is 3.97. The lowest BCUT2D eigenvalue weighted by Gasteiger charge is -2.15. The van der Waals surface area contributed by atoms with Crippen molar-refractivity contribution in [2.45, 2.75) is 26.4 Å². The molecule has 4 nitrogen and oxygen atoms in total. The van der Waals surface area contributed by atoms with Crippen LogP contribution in [0, 0.1) is 0 Å². The Morgan fingerprint density at radius 2 is 1.96 bits per heavy atom. The van der Waals surface area contributed by atoms with Gasteiger partial charge in [-0.1, -0.05) is 42.8 Å². The summed E-state index contributed by atoms with van der Waals surface area (Å²) in [5, 5.41) is 0.127. The van der Waals surface area contributed by atoms with Crippen molar-refractivity contribution < 1.29 is 14.3 Å². The van der Waals surface area contributed by atoms with Crippen LogP contribution in [0.1, 0.15) is 25.8 Å². The molecular formula is C20H18ClNO3S. The number of nitrogens with zero attached hydrogens (tertiary/aromatic N) is 1. The first kappa shape index (κ1) is 18.5. The highest BCUT2D eigenvalue weighted by Gasteiger charge is 2.36. The van der Waals surface area contributed by atoms with Gasteiger partial charge in [-0.05, 0) is 55.4 Å². The standard InChI is InChI=1S/C20H18ClNO3S/c1-3-13(2)25-17-10-5-4-7-14(17)11-18-19(23)22(20(24)26-18)16-9-6-8-15(21)12-16/h4-13H,3H2,1-2H3/b18-11-/t13-/m1/s1. The van der Waals surface area contributed by atoms with Crippen LogP contribution in [0.3, 0.4) is 0 Å². The number of anilines is 1. The number of amides is 2. The Morgan fingerprint density at radius 3 is 2.69 bits per heavy atom. The van der Waals surface area contributed by atoms with Crippen LogP contribution >= 0.6 is 23.4 Å². The largest absolute Gasteiger partial charge is 0.490 e. The van der Waals surface area contributed by atoms with Gasteiger partial charge in [0.15, 0.2) is 0 Å². The summed E-state index contributed by atoms with van der Waals surface area (Å²) in [4.78, 5) is 26.6. The lowest BCUT2D eigenvalue weighted by atomic mass is 10.1. The van der Waals surface area contributed by atoms with Gasteiger partial charge in [0.25, 0.3) is 11.1 Å². The molecule has 1 aliphatic heterocycles. The fraction of sp³-hybridized carbons (Fsp3) is 0.200. The fourth-order valence-electron chi connectivity index (χ4n) is 2.45. The van der Waals surface area contributed by atoms with Crippen LogP contribution in [-0.2, 0) is 4.79 Å². The zero-order valence-corrected chi connectivity index (χ0v) is 16.0. The van der Waals surface area contributed by atoms with Crippen molar-refractivity contribution >= 4 is 46.3 Å². The van der Waals surface area contributed by atoms with Gasteiger partial charge in [0.1, 0.15) is 5.75 Å². The molecule has 2 amide bonds. The minimum Gasteiger partial charge on any atom is -0.490 e. The molecule has 0 aliphatic carbocycles. The molecule has 1 fully saturated rings. The van der Waals surface area contributed by atoms with Gasteiger partial charge in [-0.25, -0.2) is 4.90 Å². The fourth-order valence-corrected chi connectivity index (χ4v) is 3.47. The van der Waals surface area contributed by atoms with Gasteiger partial charge >= 0.3 is 0 Å². The Hall–Kier alpha value is -2.24. The van der Waals surface area contributed by atoms with E-state index >= 15 is 0 Å². The minimum atomic E-state index is -0.361. The first-order valence-electron chi connectivity index (χ1n) is 8.28. The Labute approximate surface area is 161 Å². The van der Waals surface area contributed by atoms with E-state index in [2.05, 4.69) is 0 Å². The molecule has 26 heavy (non-hydrogen) atoms. The van der Waals surface area contributed by atoms with Gasteiger partial charge in [0, 0.05) is 10.6 Å². The number of para-hydroxylation sites is 1. The number of ether oxygens (including phenoxy) is 1. The predicted molar refractivity (Wildman–Crippen MR) is 107 cm³/mol. The zero-order chi connectivity index (χ0) is 18.7. The number of imide groups is 1. The van der Waals surface area contributed by atoms with Gasteiger partial charge in [0.05, 0.1) is 16.7 Å². The van der Waals surface area contributed by atoms with Crippen LogP contribution < -0.4 is 9.64 Å². The third-order valence-corrected chi connectivity index (χ3v) is 5.07. The maximum atomic E-state index is 12.8. The SMILES string of the molecule is CC[C@@H](C)Oc1ccccc1/C=C1\SC(=O)N(c2cccc(Cl)c2)C1=O. The second kappa shape index (κ2) is 7.98. The highest BCUT2D eigenvalue weighted by atomic mass is 35.5. The second-order valence-electron chi connectivity index (χ2n) is 5.87. The number of thioether (sulfide) groups is 1. The van der Waals surface area contributed by atoms with Crippen LogP contribution in [0.25, 0.3) is 6.08 Å². The second-order valence-corrected chi connectivity index (χ2v) is 7.30. The minimum absolute atomic E-state index is 0.0612. The monoisotopic (exact) mass is 387 g/mol. The zero-order valence-electron chi connectivity index (χ0n) is 14.4. The Morgan fingerprint density at radius 1 is 1.19 bits per heavy atom. The Bertz CT molecular complexity index is 881. The van der Waals surface area contributed by atoms with Crippen molar-refractivity contribution in [1.82, 2.24) is 0 Å². The maximum Gasteiger partial charge on any atom is 0.298 e. The van der Waals surface area contributed by atoms with E-state index in [0.29, 0.717) is 21.4 Å². The summed E-state index contributed by atoms with van der Waals surface area (Å²) in [6.45, 7) is 4.04. The van der Waals surface area contributed by atoms with E-state index in [-0.39, 0.29) is 17.3 Å². The summed E-state index contributed by atoms with van der Waals surface area (Å²) >= 11 is 6.89. The lowest BCUT2D eigenvalue weighted by Crippen LogP contribution is -2.27. The Balaban J connectivity index is 1.92. The Kier molecular flexibility index (Phi) is 5.69. The third kappa shape index (κ3) is 3.94. The molecule has 1 atom stereocenters. The van der Waals surface area contributed by atoms with Crippen molar-refractivity contribution in [3.05, 3.63) is 64.0 Å². The molecule has 0 aromatic heterocycles. The number of halogens is 1. The van der Waals surface area contributed by atoms with E-state index in [1.807, 2.05) is 38.1 Å². The summed E-state index contributed by atoms with van der Waals surface area (Å²) in [5.41, 5.74) is 1.23. The molecule has 0 N–H and O–H groups in total. The lowest BCUT2D eigenvalue weighted by molar-refractivity contribution is -0.113. The smallest absolute Gasteiger partial charge is 0.298 e. The summed E-state index contributed by atoms with van der Waals surface area (Å²) in [7, 11) is 0. The first-order chi connectivity index (χ1) is 12.5. The number of benzene rings is 2. The van der Waals surface area contributed by atoms with Gasteiger partial charge in [0.2, 0.25) is 0 Å². The molecule has 1 saturated heterocycles. The van der Waals surface area contributed by atoms with E-state index in [0.717, 1.165) is 28.6 Å². The van der Waals surface area contributed by atoms with Crippen LogP contribution in [0.15, 0.2) is 53.4 Å². The van der Waals surface area contributed by atoms with E-state index in [9.17, 15) is 9.59 Å². The molecule has 1 aliphatic rings. The molecular weight excluding hydrogens is 370 g/mol. The molecule has 134 valence electrons. The summed E-state index contributed by atoms with van der Waals surface area (Å²) in [6.07, 6.45) is 2.64. The quantitative estimate of drug-likeness (QED) is 0.612. The van der Waals surface area contributed by atoms with Crippen molar-refractivity contribution in [2.24, 2.45) is 0 Å². The van der Waals surface area contributed by atoms with Gasteiger partial charge in [-0.15, -0.1) is 0 Å². The maximum absolute atomic E-state index is 12.8. The van der Waals surface area contributed by atoms with Gasteiger partial charge in [-0.2, -0.15) is 0 Å². The van der Waals surface area contributed by atoms with Crippen LogP contribution in [0.4, 0.5) is 10.5 Å². The van der Waals surface area contributed by atoms with E-state index < -0.39 is 0 Å². The number of carbonyl (C=O) groups excluding carboxylic acids is 2. The molecule has 2 aromatic carbocycles. The van der Waals surface area contributed by atoms with Crippen molar-refractivity contribution in [3.8, 4) is 5.75 Å². The molecule has 0 radical (unpaired) electrons. The number of rotatable bonds is 5. The number of carbonyl (C=O) groups is 2. The van der Waals surface area contributed by atoms with Crippen LogP contribution in [-0.4, -0.2) is 17.3 Å². The first-order valence-corrected chi connectivity index (χ1v) is 9.48. The highest BCUT2D eigenvalue weighted by Crippen LogP contribution is 2.37. The number of hydrogen-bond donors (Lipinski definition) is 0. The summed E-state index contributed by atoms with van der Waals surface area (Å²) in [5.74, 6) is 0.331. The average molecular weight is 388 g/mol. The van der Waals surface area contributed by atoms with Gasteiger partial charge < -0.3 is 4.74 Å². The molecule has 3 rings (SSSR count). The average Bonchev–Trinajstić information content (AvgIpc) is 2.90. The normalized spacial score (nSPS) is 17.0. The van der Waals surface area contributed by atoms with E-state index in [1.54, 1.807) is 30.3 Å². The molecule has 2 aromatic rings. The highest BCUT2D eigenvalue weighted by molar-refractivity contribution is 8.19. The molecule has 0 spiro atoms. The molecule has 0 bridgehead atoms. The van der Waals surface area contributed by atoms with E-state index in [4.69, 9.17) is 16.3 Å². The van der Waals surface area contributed by atoms with Crippen molar-refractivity contribution in [3.63, 3.8) is 0 Å².